The normalized spacial score (nSPS) is 22.8. The van der Waals surface area contributed by atoms with Gasteiger partial charge in [-0.1, -0.05) is 18.2 Å². The highest BCUT2D eigenvalue weighted by Crippen LogP contribution is 2.53. The number of hydrogen-bond acceptors (Lipinski definition) is 8. The number of carbonyl (C=O) groups excluding carboxylic acids is 3. The number of aliphatic hydroxyl groups excluding tert-OH is 1. The van der Waals surface area contributed by atoms with E-state index in [1.165, 1.54) is 48.2 Å². The van der Waals surface area contributed by atoms with Crippen molar-refractivity contribution in [2.45, 2.75) is 23.8 Å². The van der Waals surface area contributed by atoms with E-state index in [0.717, 1.165) is 17.4 Å². The van der Waals surface area contributed by atoms with Gasteiger partial charge in [0, 0.05) is 57.9 Å². The third-order valence-electron chi connectivity index (χ3n) is 7.99. The highest BCUT2D eigenvalue weighted by atomic mass is 32.2. The first kappa shape index (κ1) is 28.9. The Bertz CT molecular complexity index is 1510. The number of likely N-dealkylation sites (tertiary alicyclic amines) is 1. The van der Waals surface area contributed by atoms with Gasteiger partial charge in [0.05, 0.1) is 29.4 Å². The van der Waals surface area contributed by atoms with Gasteiger partial charge in [0.2, 0.25) is 10.0 Å². The molecule has 2 saturated heterocycles. The summed E-state index contributed by atoms with van der Waals surface area (Å²) in [4.78, 5) is 46.7. The first-order chi connectivity index (χ1) is 19.6. The maximum Gasteiger partial charge on any atom is 0.296 e. The predicted molar refractivity (Wildman–Crippen MR) is 152 cm³/mol. The molecule has 3 aliphatic rings. The molecule has 12 heteroatoms. The van der Waals surface area contributed by atoms with Crippen LogP contribution in [0.15, 0.2) is 59.0 Å². The van der Waals surface area contributed by atoms with E-state index in [-0.39, 0.29) is 22.6 Å². The molecule has 2 aromatic carbocycles. The summed E-state index contributed by atoms with van der Waals surface area (Å²) in [5.41, 5.74) is -1.02. The smallest absolute Gasteiger partial charge is 0.296 e. The number of ketones is 1. The van der Waals surface area contributed by atoms with Gasteiger partial charge in [0.1, 0.15) is 5.76 Å². The lowest BCUT2D eigenvalue weighted by Crippen LogP contribution is -2.52. The number of morpholine rings is 1. The largest absolute Gasteiger partial charge is 0.507 e. The first-order valence-electron chi connectivity index (χ1n) is 13.6. The molecule has 3 heterocycles. The molecule has 2 aromatic rings. The van der Waals surface area contributed by atoms with Crippen molar-refractivity contribution in [1.29, 1.82) is 0 Å². The van der Waals surface area contributed by atoms with Crippen LogP contribution in [0.25, 0.3) is 5.76 Å². The monoisotopic (exact) mass is 582 g/mol. The van der Waals surface area contributed by atoms with Crippen molar-refractivity contribution in [2.75, 3.05) is 64.9 Å². The van der Waals surface area contributed by atoms with Crippen molar-refractivity contribution < 1.29 is 32.6 Å². The van der Waals surface area contributed by atoms with Crippen LogP contribution >= 0.6 is 0 Å². The van der Waals surface area contributed by atoms with Crippen molar-refractivity contribution in [1.82, 2.24) is 14.1 Å². The van der Waals surface area contributed by atoms with Crippen LogP contribution < -0.4 is 4.90 Å². The number of hydrogen-bond donors (Lipinski definition) is 1. The Morgan fingerprint density at radius 2 is 1.66 bits per heavy atom. The van der Waals surface area contributed by atoms with Crippen LogP contribution in [-0.4, -0.2) is 105 Å². The van der Waals surface area contributed by atoms with E-state index in [0.29, 0.717) is 44.0 Å². The average molecular weight is 583 g/mol. The van der Waals surface area contributed by atoms with E-state index in [1.807, 2.05) is 6.92 Å². The molecule has 2 fully saturated rings. The molecule has 0 aliphatic carbocycles. The van der Waals surface area contributed by atoms with E-state index < -0.39 is 38.9 Å². The summed E-state index contributed by atoms with van der Waals surface area (Å²) in [6.45, 7) is 5.64. The second-order valence-electron chi connectivity index (χ2n) is 10.4. The van der Waals surface area contributed by atoms with Crippen molar-refractivity contribution in [2.24, 2.45) is 0 Å². The Morgan fingerprint density at radius 3 is 2.29 bits per heavy atom. The summed E-state index contributed by atoms with van der Waals surface area (Å²) >= 11 is 0. The number of aliphatic hydroxyl groups is 1. The number of para-hydroxylation sites is 1. The van der Waals surface area contributed by atoms with Crippen LogP contribution in [-0.2, 0) is 34.7 Å². The Morgan fingerprint density at radius 1 is 1.00 bits per heavy atom. The zero-order chi connectivity index (χ0) is 29.5. The van der Waals surface area contributed by atoms with Gasteiger partial charge >= 0.3 is 0 Å². The second-order valence-corrected chi connectivity index (χ2v) is 12.6. The van der Waals surface area contributed by atoms with Crippen molar-refractivity contribution in [3.63, 3.8) is 0 Å². The summed E-state index contributed by atoms with van der Waals surface area (Å²) in [5, 5.41) is 11.6. The third-order valence-corrected chi connectivity index (χ3v) is 9.82. The van der Waals surface area contributed by atoms with Crippen LogP contribution in [0.1, 0.15) is 24.5 Å². The number of amides is 2. The lowest BCUT2D eigenvalue weighted by atomic mass is 9.82. The molecule has 0 radical (unpaired) electrons. The van der Waals surface area contributed by atoms with Gasteiger partial charge in [0.25, 0.3) is 17.6 Å². The van der Waals surface area contributed by atoms with Crippen LogP contribution in [0.3, 0.4) is 0 Å². The molecule has 1 spiro atoms. The molecule has 2 amide bonds. The number of sulfonamides is 1. The molecule has 1 N–H and O–H groups in total. The summed E-state index contributed by atoms with van der Waals surface area (Å²) in [6, 6.07) is 12.4. The molecular weight excluding hydrogens is 548 g/mol. The molecule has 1 atom stereocenters. The van der Waals surface area contributed by atoms with Crippen molar-refractivity contribution in [3.05, 3.63) is 65.2 Å². The Balaban J connectivity index is 1.63. The summed E-state index contributed by atoms with van der Waals surface area (Å²) in [5.74, 6) is -2.84. The Hall–Kier alpha value is -3.58. The number of nitrogens with zero attached hydrogens (tertiary/aromatic N) is 4. The van der Waals surface area contributed by atoms with Gasteiger partial charge in [-0.05, 0) is 43.7 Å². The molecule has 5 rings (SSSR count). The topological polar surface area (TPSA) is 128 Å². The highest BCUT2D eigenvalue weighted by Gasteiger charge is 2.66. The lowest BCUT2D eigenvalue weighted by molar-refractivity contribution is -0.143. The van der Waals surface area contributed by atoms with Gasteiger partial charge in [-0.2, -0.15) is 0 Å². The molecule has 0 aromatic heterocycles. The van der Waals surface area contributed by atoms with Crippen LogP contribution in [0, 0.1) is 0 Å². The fourth-order valence-electron chi connectivity index (χ4n) is 5.90. The van der Waals surface area contributed by atoms with Crippen LogP contribution in [0.2, 0.25) is 0 Å². The summed E-state index contributed by atoms with van der Waals surface area (Å²) < 4.78 is 31.6. The highest BCUT2D eigenvalue weighted by molar-refractivity contribution is 7.89. The number of carbonyl (C=O) groups is 3. The minimum Gasteiger partial charge on any atom is -0.507 e. The Kier molecular flexibility index (Phi) is 7.77. The van der Waals surface area contributed by atoms with Gasteiger partial charge in [-0.25, -0.2) is 12.7 Å². The van der Waals surface area contributed by atoms with E-state index in [2.05, 4.69) is 4.90 Å². The SMILES string of the molecule is CCN1C(=O)C2(C(=C(O)c3ccc(S(=O)(=O)N(C)C)cc3)C(=O)C(=O)N2CCCN2CCOCC2)c2ccccc21. The molecule has 3 aliphatic heterocycles. The number of rotatable bonds is 8. The molecule has 1 unspecified atom stereocenters. The van der Waals surface area contributed by atoms with E-state index in [9.17, 15) is 27.9 Å². The maximum absolute atomic E-state index is 14.3. The minimum atomic E-state index is -3.73. The van der Waals surface area contributed by atoms with Gasteiger partial charge in [-0.15, -0.1) is 0 Å². The molecule has 41 heavy (non-hydrogen) atoms. The number of anilines is 1. The number of ether oxygens (including phenoxy) is 1. The second kappa shape index (κ2) is 11.0. The summed E-state index contributed by atoms with van der Waals surface area (Å²) in [7, 11) is -0.918. The van der Waals surface area contributed by atoms with Crippen molar-refractivity contribution in [3.8, 4) is 0 Å². The van der Waals surface area contributed by atoms with E-state index >= 15 is 0 Å². The number of likely N-dealkylation sites (N-methyl/N-ethyl adjacent to an activating group) is 1. The number of fused-ring (bicyclic) bond motifs is 2. The van der Waals surface area contributed by atoms with Crippen LogP contribution in [0.4, 0.5) is 5.69 Å². The number of benzene rings is 2. The molecule has 0 saturated carbocycles. The zero-order valence-electron chi connectivity index (χ0n) is 23.4. The standard InChI is InChI=1S/C29H34N4O7S/c1-4-32-23-9-6-5-8-22(23)29(28(32)37)24(25(34)20-10-12-21(13-11-20)41(38,39)30(2)3)26(35)27(36)33(29)15-7-14-31-16-18-40-19-17-31/h5-6,8-13,34H,4,7,14-19H2,1-3H3. The molecule has 218 valence electrons. The first-order valence-corrected chi connectivity index (χ1v) is 15.0. The lowest BCUT2D eigenvalue weighted by Gasteiger charge is -2.35. The maximum atomic E-state index is 14.3. The quantitative estimate of drug-likeness (QED) is 0.283. The van der Waals surface area contributed by atoms with Crippen molar-refractivity contribution >= 4 is 39.1 Å². The molecular formula is C29H34N4O7S. The minimum absolute atomic E-state index is 0.00299. The van der Waals surface area contributed by atoms with E-state index in [4.69, 9.17) is 4.74 Å². The zero-order valence-corrected chi connectivity index (χ0v) is 24.2. The fourth-order valence-corrected chi connectivity index (χ4v) is 6.80. The predicted octanol–water partition coefficient (Wildman–Crippen LogP) is 1.60. The Labute approximate surface area is 239 Å². The van der Waals surface area contributed by atoms with Gasteiger partial charge < -0.3 is 19.6 Å². The summed E-state index contributed by atoms with van der Waals surface area (Å²) in [6.07, 6.45) is 0.507. The molecule has 0 bridgehead atoms. The number of Topliss-reactive ketones (excluding diaryl/α,β-unsaturated/α-hetero) is 1. The van der Waals surface area contributed by atoms with E-state index in [1.54, 1.807) is 24.3 Å². The van der Waals surface area contributed by atoms with Gasteiger partial charge in [0.15, 0.2) is 5.54 Å². The average Bonchev–Trinajstić information content (AvgIpc) is 3.35. The fraction of sp³-hybridized carbons (Fsp3) is 0.414. The third kappa shape index (κ3) is 4.55. The molecule has 11 nitrogen and oxygen atoms in total. The van der Waals surface area contributed by atoms with Crippen LogP contribution in [0.5, 0.6) is 0 Å². The van der Waals surface area contributed by atoms with Gasteiger partial charge in [-0.3, -0.25) is 19.3 Å².